The third-order valence-corrected chi connectivity index (χ3v) is 5.64. The van der Waals surface area contributed by atoms with Crippen LogP contribution in [0.15, 0.2) is 35.5 Å². The molecule has 5 nitrogen and oxygen atoms in total. The lowest BCUT2D eigenvalue weighted by Crippen LogP contribution is -2.40. The summed E-state index contributed by atoms with van der Waals surface area (Å²) < 4.78 is 32.5. The van der Waals surface area contributed by atoms with Gasteiger partial charge in [0.1, 0.15) is 0 Å². The molecule has 0 saturated carbocycles. The van der Waals surface area contributed by atoms with Crippen molar-refractivity contribution in [2.75, 3.05) is 26.3 Å². The largest absolute Gasteiger partial charge is 0.379 e. The summed E-state index contributed by atoms with van der Waals surface area (Å²) in [6.45, 7) is 3.54. The van der Waals surface area contributed by atoms with Crippen LogP contribution in [-0.2, 0) is 14.8 Å². The fraction of sp³-hybridized carbons (Fsp3) is 0.357. The summed E-state index contributed by atoms with van der Waals surface area (Å²) in [5.41, 5.74) is 0.759. The zero-order chi connectivity index (χ0) is 14.2. The molecule has 1 aromatic carbocycles. The lowest BCUT2D eigenvalue weighted by molar-refractivity contribution is 0.0730. The molecule has 1 saturated heterocycles. The van der Waals surface area contributed by atoms with Gasteiger partial charge < -0.3 is 4.74 Å². The molecular formula is C14H17ClN2O3S. The van der Waals surface area contributed by atoms with Crippen LogP contribution < -0.4 is 0 Å². The number of hydrogen-bond acceptors (Lipinski definition) is 4. The highest BCUT2D eigenvalue weighted by molar-refractivity contribution is 7.89. The maximum atomic E-state index is 12.9. The fourth-order valence-corrected chi connectivity index (χ4v) is 4.33. The Balaban J connectivity index is 0.00000161. The van der Waals surface area contributed by atoms with Crippen molar-refractivity contribution in [2.24, 2.45) is 0 Å². The van der Waals surface area contributed by atoms with Crippen LogP contribution in [0.3, 0.4) is 0 Å². The Morgan fingerprint density at radius 3 is 2.62 bits per heavy atom. The minimum atomic E-state index is -3.49. The number of benzene rings is 1. The van der Waals surface area contributed by atoms with E-state index in [1.54, 1.807) is 18.5 Å². The van der Waals surface area contributed by atoms with E-state index in [1.165, 1.54) is 4.31 Å². The maximum absolute atomic E-state index is 12.9. The molecule has 1 aromatic heterocycles. The van der Waals surface area contributed by atoms with Crippen molar-refractivity contribution in [1.82, 2.24) is 9.29 Å². The van der Waals surface area contributed by atoms with E-state index in [0.29, 0.717) is 31.2 Å². The molecule has 21 heavy (non-hydrogen) atoms. The van der Waals surface area contributed by atoms with Gasteiger partial charge >= 0.3 is 0 Å². The summed E-state index contributed by atoms with van der Waals surface area (Å²) in [7, 11) is -3.49. The van der Waals surface area contributed by atoms with E-state index in [4.69, 9.17) is 4.74 Å². The molecule has 1 fully saturated rings. The normalized spacial score (nSPS) is 16.6. The number of pyridine rings is 1. The number of fused-ring (bicyclic) bond motifs is 1. The molecule has 1 aliphatic rings. The van der Waals surface area contributed by atoms with Gasteiger partial charge in [-0.05, 0) is 18.6 Å². The molecule has 0 unspecified atom stereocenters. The van der Waals surface area contributed by atoms with E-state index < -0.39 is 10.0 Å². The molecule has 1 aliphatic heterocycles. The third-order valence-electron chi connectivity index (χ3n) is 3.54. The number of morpholine rings is 1. The first-order valence-electron chi connectivity index (χ1n) is 6.52. The Labute approximate surface area is 130 Å². The van der Waals surface area contributed by atoms with Crippen LogP contribution in [0.4, 0.5) is 0 Å². The number of aryl methyl sites for hydroxylation is 1. The molecule has 7 heteroatoms. The highest BCUT2D eigenvalue weighted by atomic mass is 35.5. The van der Waals surface area contributed by atoms with E-state index in [1.807, 2.05) is 19.1 Å². The monoisotopic (exact) mass is 328 g/mol. The quantitative estimate of drug-likeness (QED) is 0.846. The Morgan fingerprint density at radius 1 is 1.19 bits per heavy atom. The molecule has 2 heterocycles. The number of sulfonamides is 1. The molecule has 0 aliphatic carbocycles. The summed E-state index contributed by atoms with van der Waals surface area (Å²) in [5, 5.41) is 1.57. The molecule has 0 N–H and O–H groups in total. The zero-order valence-electron chi connectivity index (χ0n) is 11.7. The second kappa shape index (κ2) is 6.27. The molecule has 3 rings (SSSR count). The van der Waals surface area contributed by atoms with Crippen LogP contribution in [0.25, 0.3) is 10.8 Å². The minimum absolute atomic E-state index is 0. The number of hydrogen-bond donors (Lipinski definition) is 0. The van der Waals surface area contributed by atoms with Crippen molar-refractivity contribution in [3.63, 3.8) is 0 Å². The Hall–Kier alpha value is -1.21. The van der Waals surface area contributed by atoms with Crippen LogP contribution in [-0.4, -0.2) is 44.0 Å². The second-order valence-corrected chi connectivity index (χ2v) is 6.70. The van der Waals surface area contributed by atoms with Crippen molar-refractivity contribution >= 4 is 33.2 Å². The molecule has 0 atom stereocenters. The number of halogens is 1. The van der Waals surface area contributed by atoms with Gasteiger partial charge in [0, 0.05) is 36.3 Å². The first-order valence-corrected chi connectivity index (χ1v) is 7.96. The van der Waals surface area contributed by atoms with Crippen LogP contribution >= 0.6 is 12.4 Å². The number of rotatable bonds is 2. The molecular weight excluding hydrogens is 312 g/mol. The number of ether oxygens (including phenoxy) is 1. The van der Waals surface area contributed by atoms with Gasteiger partial charge in [0.25, 0.3) is 0 Å². The van der Waals surface area contributed by atoms with E-state index in [2.05, 4.69) is 4.98 Å². The third kappa shape index (κ3) is 2.89. The van der Waals surface area contributed by atoms with Crippen molar-refractivity contribution in [3.05, 3.63) is 36.2 Å². The lowest BCUT2D eigenvalue weighted by atomic mass is 10.1. The van der Waals surface area contributed by atoms with Crippen LogP contribution in [0, 0.1) is 6.92 Å². The standard InChI is InChI=1S/C14H16N2O3S.ClH/c1-11-2-3-12-10-15-5-4-13(12)14(11)20(17,18)16-6-8-19-9-7-16;/h2-5,10H,6-9H2,1H3;1H. The predicted octanol–water partition coefficient (Wildman–Crippen LogP) is 1.99. The summed E-state index contributed by atoms with van der Waals surface area (Å²) in [5.74, 6) is 0. The molecule has 0 radical (unpaired) electrons. The van der Waals surface area contributed by atoms with Gasteiger partial charge in [-0.3, -0.25) is 4.98 Å². The fourth-order valence-electron chi connectivity index (χ4n) is 2.51. The van der Waals surface area contributed by atoms with Gasteiger partial charge in [-0.1, -0.05) is 12.1 Å². The van der Waals surface area contributed by atoms with E-state index in [0.717, 1.165) is 16.3 Å². The molecule has 0 spiro atoms. The van der Waals surface area contributed by atoms with Crippen molar-refractivity contribution in [2.45, 2.75) is 11.8 Å². The van der Waals surface area contributed by atoms with Gasteiger partial charge in [-0.25, -0.2) is 8.42 Å². The van der Waals surface area contributed by atoms with E-state index >= 15 is 0 Å². The SMILES string of the molecule is Cc1ccc2cnccc2c1S(=O)(=O)N1CCOCC1.Cl. The van der Waals surface area contributed by atoms with Gasteiger partial charge in [-0.2, -0.15) is 4.31 Å². The highest BCUT2D eigenvalue weighted by Gasteiger charge is 2.29. The Bertz CT molecular complexity index is 743. The van der Waals surface area contributed by atoms with E-state index in [-0.39, 0.29) is 12.4 Å². The number of aromatic nitrogens is 1. The van der Waals surface area contributed by atoms with Gasteiger partial charge in [-0.15, -0.1) is 12.4 Å². The van der Waals surface area contributed by atoms with Crippen molar-refractivity contribution in [3.8, 4) is 0 Å². The minimum Gasteiger partial charge on any atom is -0.379 e. The highest BCUT2D eigenvalue weighted by Crippen LogP contribution is 2.28. The maximum Gasteiger partial charge on any atom is 0.244 e. The van der Waals surface area contributed by atoms with Crippen LogP contribution in [0.1, 0.15) is 5.56 Å². The predicted molar refractivity (Wildman–Crippen MR) is 83.3 cm³/mol. The van der Waals surface area contributed by atoms with E-state index in [9.17, 15) is 8.42 Å². The summed E-state index contributed by atoms with van der Waals surface area (Å²) in [4.78, 5) is 4.44. The smallest absolute Gasteiger partial charge is 0.244 e. The summed E-state index contributed by atoms with van der Waals surface area (Å²) in [6.07, 6.45) is 3.31. The van der Waals surface area contributed by atoms with Gasteiger partial charge in [0.15, 0.2) is 0 Å². The Morgan fingerprint density at radius 2 is 1.90 bits per heavy atom. The first kappa shape index (κ1) is 16.2. The van der Waals surface area contributed by atoms with Crippen molar-refractivity contribution in [1.29, 1.82) is 0 Å². The second-order valence-electron chi connectivity index (χ2n) is 4.82. The zero-order valence-corrected chi connectivity index (χ0v) is 13.3. The van der Waals surface area contributed by atoms with Crippen LogP contribution in [0.2, 0.25) is 0 Å². The molecule has 0 amide bonds. The molecule has 114 valence electrons. The molecule has 0 bridgehead atoms. The van der Waals surface area contributed by atoms with Gasteiger partial charge in [0.05, 0.1) is 18.1 Å². The summed E-state index contributed by atoms with van der Waals surface area (Å²) >= 11 is 0. The average molecular weight is 329 g/mol. The average Bonchev–Trinajstić information content (AvgIpc) is 2.47. The molecule has 2 aromatic rings. The van der Waals surface area contributed by atoms with Crippen molar-refractivity contribution < 1.29 is 13.2 Å². The lowest BCUT2D eigenvalue weighted by Gasteiger charge is -2.27. The topological polar surface area (TPSA) is 59.5 Å². The van der Waals surface area contributed by atoms with Crippen LogP contribution in [0.5, 0.6) is 0 Å². The summed E-state index contributed by atoms with van der Waals surface area (Å²) in [6, 6.07) is 5.49. The number of nitrogens with zero attached hydrogens (tertiary/aromatic N) is 2. The Kier molecular flexibility index (Phi) is 4.83. The van der Waals surface area contributed by atoms with Gasteiger partial charge in [0.2, 0.25) is 10.0 Å². The first-order chi connectivity index (χ1) is 9.60.